The lowest BCUT2D eigenvalue weighted by Crippen LogP contribution is -2.27. The lowest BCUT2D eigenvalue weighted by atomic mass is 10.1. The van der Waals surface area contributed by atoms with Crippen molar-refractivity contribution >= 4 is 44.8 Å². The molecular weight excluding hydrogens is 411 g/mol. The first kappa shape index (κ1) is 21.3. The van der Waals surface area contributed by atoms with Gasteiger partial charge in [-0.1, -0.05) is 35.3 Å². The number of benzene rings is 2. The molecule has 0 aromatic heterocycles. The zero-order valence-corrected chi connectivity index (χ0v) is 17.0. The van der Waals surface area contributed by atoms with Gasteiger partial charge >= 0.3 is 0 Å². The van der Waals surface area contributed by atoms with Gasteiger partial charge < -0.3 is 10.1 Å². The van der Waals surface area contributed by atoms with Crippen LogP contribution >= 0.6 is 23.2 Å². The summed E-state index contributed by atoms with van der Waals surface area (Å²) in [6.45, 7) is 2.24. The van der Waals surface area contributed by atoms with Crippen molar-refractivity contribution in [3.8, 4) is 5.75 Å². The van der Waals surface area contributed by atoms with E-state index < -0.39 is 10.0 Å². The Labute approximate surface area is 168 Å². The molecule has 6 nitrogen and oxygen atoms in total. The van der Waals surface area contributed by atoms with E-state index in [0.29, 0.717) is 35.4 Å². The Hall–Kier alpha value is -1.96. The first-order valence-electron chi connectivity index (χ1n) is 8.28. The quantitative estimate of drug-likeness (QED) is 0.589. The molecule has 0 atom stereocenters. The number of amides is 1. The molecule has 1 amide bonds. The highest BCUT2D eigenvalue weighted by molar-refractivity contribution is 7.92. The maximum Gasteiger partial charge on any atom is 0.253 e. The Kier molecular flexibility index (Phi) is 7.77. The zero-order valence-electron chi connectivity index (χ0n) is 14.7. The number of nitrogens with one attached hydrogen (secondary N) is 2. The van der Waals surface area contributed by atoms with Crippen LogP contribution in [0.3, 0.4) is 0 Å². The molecule has 2 N–H and O–H groups in total. The molecule has 0 radical (unpaired) electrons. The Morgan fingerprint density at radius 2 is 1.89 bits per heavy atom. The van der Waals surface area contributed by atoms with Gasteiger partial charge in [-0.15, -0.1) is 0 Å². The van der Waals surface area contributed by atoms with E-state index in [4.69, 9.17) is 27.9 Å². The second-order valence-corrected chi connectivity index (χ2v) is 8.44. The van der Waals surface area contributed by atoms with Gasteiger partial charge in [0.15, 0.2) is 0 Å². The molecule has 0 saturated carbocycles. The number of para-hydroxylation sites is 1. The highest BCUT2D eigenvalue weighted by Gasteiger charge is 2.14. The predicted octanol–water partition coefficient (Wildman–Crippen LogP) is 3.95. The largest absolute Gasteiger partial charge is 0.492 e. The molecule has 0 saturated heterocycles. The van der Waals surface area contributed by atoms with E-state index in [1.54, 1.807) is 42.5 Å². The maximum absolute atomic E-state index is 12.3. The van der Waals surface area contributed by atoms with Gasteiger partial charge in [-0.25, -0.2) is 8.42 Å². The molecule has 0 aliphatic carbocycles. The van der Waals surface area contributed by atoms with Crippen LogP contribution in [0, 0.1) is 0 Å². The lowest BCUT2D eigenvalue weighted by molar-refractivity contribution is 0.0952. The molecule has 0 heterocycles. The zero-order chi connectivity index (χ0) is 19.9. The number of anilines is 1. The van der Waals surface area contributed by atoms with E-state index in [9.17, 15) is 13.2 Å². The number of hydrogen-bond donors (Lipinski definition) is 2. The van der Waals surface area contributed by atoms with E-state index in [2.05, 4.69) is 10.0 Å². The molecule has 27 heavy (non-hydrogen) atoms. The third kappa shape index (κ3) is 6.61. The van der Waals surface area contributed by atoms with Gasteiger partial charge in [0.25, 0.3) is 5.91 Å². The third-order valence-electron chi connectivity index (χ3n) is 3.58. The van der Waals surface area contributed by atoms with E-state index in [1.165, 1.54) is 6.92 Å². The second-order valence-electron chi connectivity index (χ2n) is 5.58. The van der Waals surface area contributed by atoms with Gasteiger partial charge in [0.1, 0.15) is 5.75 Å². The van der Waals surface area contributed by atoms with Gasteiger partial charge in [0.2, 0.25) is 10.0 Å². The minimum absolute atomic E-state index is 0.0758. The number of carbonyl (C=O) groups is 1. The van der Waals surface area contributed by atoms with Gasteiger partial charge in [0, 0.05) is 11.6 Å². The van der Waals surface area contributed by atoms with Crippen LogP contribution in [0.15, 0.2) is 42.5 Å². The molecule has 146 valence electrons. The molecule has 2 aromatic carbocycles. The first-order valence-corrected chi connectivity index (χ1v) is 10.7. The smallest absolute Gasteiger partial charge is 0.253 e. The molecule has 0 aliphatic heterocycles. The van der Waals surface area contributed by atoms with Crippen molar-refractivity contribution in [1.82, 2.24) is 5.32 Å². The van der Waals surface area contributed by atoms with Crippen LogP contribution in [0.5, 0.6) is 5.75 Å². The van der Waals surface area contributed by atoms with Crippen molar-refractivity contribution in [2.45, 2.75) is 13.3 Å². The van der Waals surface area contributed by atoms with E-state index in [-0.39, 0.29) is 22.9 Å². The van der Waals surface area contributed by atoms with Gasteiger partial charge in [-0.05, 0) is 43.7 Å². The average Bonchev–Trinajstić information content (AvgIpc) is 2.63. The van der Waals surface area contributed by atoms with Gasteiger partial charge in [0.05, 0.1) is 28.6 Å². The van der Waals surface area contributed by atoms with Crippen LogP contribution in [0.1, 0.15) is 23.7 Å². The van der Waals surface area contributed by atoms with Crippen LogP contribution < -0.4 is 14.8 Å². The minimum atomic E-state index is -3.47. The fourth-order valence-corrected chi connectivity index (χ4v) is 3.27. The molecule has 0 spiro atoms. The van der Waals surface area contributed by atoms with Crippen LogP contribution in [0.4, 0.5) is 5.69 Å². The number of ether oxygens (including phenoxy) is 1. The fraction of sp³-hybridized carbons (Fsp3) is 0.278. The predicted molar refractivity (Wildman–Crippen MR) is 108 cm³/mol. The summed E-state index contributed by atoms with van der Waals surface area (Å²) in [5.41, 5.74) is 0.511. The molecule has 0 aliphatic rings. The molecule has 9 heteroatoms. The summed E-state index contributed by atoms with van der Waals surface area (Å²) in [5, 5.41) is 3.69. The monoisotopic (exact) mass is 430 g/mol. The van der Waals surface area contributed by atoms with Gasteiger partial charge in [-0.2, -0.15) is 0 Å². The highest BCUT2D eigenvalue weighted by Crippen LogP contribution is 2.27. The number of rotatable bonds is 9. The minimum Gasteiger partial charge on any atom is -0.492 e. The normalized spacial score (nSPS) is 11.1. The Morgan fingerprint density at radius 3 is 2.59 bits per heavy atom. The van der Waals surface area contributed by atoms with Crippen molar-refractivity contribution in [2.24, 2.45) is 0 Å². The molecule has 2 aromatic rings. The van der Waals surface area contributed by atoms with Crippen molar-refractivity contribution in [1.29, 1.82) is 0 Å². The third-order valence-corrected chi connectivity index (χ3v) is 5.40. The topological polar surface area (TPSA) is 84.5 Å². The summed E-state index contributed by atoms with van der Waals surface area (Å²) < 4.78 is 31.5. The van der Waals surface area contributed by atoms with E-state index >= 15 is 0 Å². The summed E-state index contributed by atoms with van der Waals surface area (Å²) in [6.07, 6.45) is 0.549. The summed E-state index contributed by atoms with van der Waals surface area (Å²) in [5.74, 6) is 0.0775. The van der Waals surface area contributed by atoms with Crippen molar-refractivity contribution < 1.29 is 17.9 Å². The average molecular weight is 431 g/mol. The van der Waals surface area contributed by atoms with Crippen LogP contribution in [-0.4, -0.2) is 33.2 Å². The molecule has 0 unspecified atom stereocenters. The number of carbonyl (C=O) groups excluding carboxylic acids is 1. The van der Waals surface area contributed by atoms with Crippen LogP contribution in [-0.2, 0) is 10.0 Å². The fourth-order valence-electron chi connectivity index (χ4n) is 2.15. The number of hydrogen-bond acceptors (Lipinski definition) is 4. The summed E-state index contributed by atoms with van der Waals surface area (Å²) in [4.78, 5) is 12.3. The maximum atomic E-state index is 12.3. The van der Waals surface area contributed by atoms with Crippen LogP contribution in [0.2, 0.25) is 10.0 Å². The lowest BCUT2D eigenvalue weighted by Gasteiger charge is -2.12. The van der Waals surface area contributed by atoms with Crippen molar-refractivity contribution in [3.05, 3.63) is 58.1 Å². The summed E-state index contributed by atoms with van der Waals surface area (Å²) in [7, 11) is -3.47. The SMILES string of the molecule is CCS(=O)(=O)Nc1ccccc1C(=O)NCCCOc1ccc(Cl)cc1Cl. The number of halogens is 2. The van der Waals surface area contributed by atoms with Gasteiger partial charge in [-0.3, -0.25) is 9.52 Å². The van der Waals surface area contributed by atoms with Crippen molar-refractivity contribution in [3.63, 3.8) is 0 Å². The summed E-state index contributed by atoms with van der Waals surface area (Å²) in [6, 6.07) is 11.4. The number of sulfonamides is 1. The Balaban J connectivity index is 1.86. The molecule has 0 fully saturated rings. The van der Waals surface area contributed by atoms with E-state index in [0.717, 1.165) is 0 Å². The molecule has 2 rings (SSSR count). The van der Waals surface area contributed by atoms with Crippen molar-refractivity contribution in [2.75, 3.05) is 23.6 Å². The Bertz CT molecular complexity index is 904. The molecule has 0 bridgehead atoms. The van der Waals surface area contributed by atoms with Crippen LogP contribution in [0.25, 0.3) is 0 Å². The summed E-state index contributed by atoms with van der Waals surface area (Å²) >= 11 is 11.8. The first-order chi connectivity index (χ1) is 12.8. The van der Waals surface area contributed by atoms with E-state index in [1.807, 2.05) is 0 Å². The second kappa shape index (κ2) is 9.82. The Morgan fingerprint density at radius 1 is 1.15 bits per heavy atom. The standard InChI is InChI=1S/C18H20Cl2N2O4S/c1-2-27(24,25)22-16-7-4-3-6-14(16)18(23)21-10-5-11-26-17-9-8-13(19)12-15(17)20/h3-4,6-9,12,22H,2,5,10-11H2,1H3,(H,21,23). The molecular formula is C18H20Cl2N2O4S. The highest BCUT2D eigenvalue weighted by atomic mass is 35.5.